The number of halogens is 1. The van der Waals surface area contributed by atoms with Gasteiger partial charge < -0.3 is 15.5 Å². The molecule has 1 rings (SSSR count). The molecule has 0 bridgehead atoms. The van der Waals surface area contributed by atoms with Gasteiger partial charge in [-0.1, -0.05) is 13.3 Å². The number of nitrogens with zero attached hydrogens (tertiary/aromatic N) is 2. The number of carbonyl (C=O) groups excluding carboxylic acids is 1. The predicted octanol–water partition coefficient (Wildman–Crippen LogP) is 2.17. The van der Waals surface area contributed by atoms with Crippen molar-refractivity contribution in [2.75, 3.05) is 45.7 Å². The van der Waals surface area contributed by atoms with E-state index in [0.29, 0.717) is 5.41 Å². The lowest BCUT2D eigenvalue weighted by Crippen LogP contribution is -2.47. The van der Waals surface area contributed by atoms with Gasteiger partial charge in [-0.25, -0.2) is 4.99 Å². The van der Waals surface area contributed by atoms with Crippen LogP contribution in [-0.2, 0) is 4.79 Å². The second-order valence-corrected chi connectivity index (χ2v) is 6.92. The van der Waals surface area contributed by atoms with E-state index in [0.717, 1.165) is 24.8 Å². The molecule has 0 heterocycles. The number of amides is 1. The molecule has 0 aliphatic heterocycles. The minimum atomic E-state index is 0. The zero-order valence-electron chi connectivity index (χ0n) is 14.3. The van der Waals surface area contributed by atoms with Gasteiger partial charge in [0.25, 0.3) is 0 Å². The van der Waals surface area contributed by atoms with Crippen LogP contribution in [0.2, 0.25) is 0 Å². The lowest BCUT2D eigenvalue weighted by Gasteiger charge is -2.41. The average molecular weight is 442 g/mol. The second-order valence-electron chi connectivity index (χ2n) is 5.93. The molecule has 0 aromatic heterocycles. The maximum Gasteiger partial charge on any atom is 0.243 e. The SMILES string of the molecule is CCC1(CNC(=NCC(=O)N(C)C)NCCSC)CCC1.I. The Kier molecular flexibility index (Phi) is 11.3. The number of nitrogens with one attached hydrogen (secondary N) is 2. The number of thioether (sulfide) groups is 1. The summed E-state index contributed by atoms with van der Waals surface area (Å²) in [5.41, 5.74) is 0.438. The molecule has 2 N–H and O–H groups in total. The van der Waals surface area contributed by atoms with Gasteiger partial charge in [0, 0.05) is 32.9 Å². The first-order valence-corrected chi connectivity index (χ1v) is 9.13. The minimum Gasteiger partial charge on any atom is -0.356 e. The topological polar surface area (TPSA) is 56.7 Å². The smallest absolute Gasteiger partial charge is 0.243 e. The number of hydrogen-bond donors (Lipinski definition) is 2. The highest BCUT2D eigenvalue weighted by atomic mass is 127. The summed E-state index contributed by atoms with van der Waals surface area (Å²) in [5, 5.41) is 6.73. The van der Waals surface area contributed by atoms with E-state index in [1.165, 1.54) is 25.7 Å². The molecule has 7 heteroatoms. The lowest BCUT2D eigenvalue weighted by molar-refractivity contribution is -0.127. The van der Waals surface area contributed by atoms with Gasteiger partial charge in [-0.05, 0) is 30.9 Å². The highest BCUT2D eigenvalue weighted by Crippen LogP contribution is 2.42. The molecule has 22 heavy (non-hydrogen) atoms. The van der Waals surface area contributed by atoms with Crippen LogP contribution in [0.5, 0.6) is 0 Å². The van der Waals surface area contributed by atoms with E-state index >= 15 is 0 Å². The summed E-state index contributed by atoms with van der Waals surface area (Å²) in [6.07, 6.45) is 7.22. The average Bonchev–Trinajstić information content (AvgIpc) is 2.42. The van der Waals surface area contributed by atoms with Crippen LogP contribution in [0.15, 0.2) is 4.99 Å². The molecule has 0 aromatic carbocycles. The summed E-state index contributed by atoms with van der Waals surface area (Å²) < 4.78 is 0. The van der Waals surface area contributed by atoms with E-state index in [-0.39, 0.29) is 36.4 Å². The van der Waals surface area contributed by atoms with Crippen LogP contribution < -0.4 is 10.6 Å². The first-order chi connectivity index (χ1) is 10.0. The molecule has 0 aromatic rings. The Morgan fingerprint density at radius 1 is 1.32 bits per heavy atom. The molecule has 0 radical (unpaired) electrons. The Labute approximate surface area is 156 Å². The van der Waals surface area contributed by atoms with Crippen LogP contribution >= 0.6 is 35.7 Å². The van der Waals surface area contributed by atoms with Crippen molar-refractivity contribution in [1.82, 2.24) is 15.5 Å². The second kappa shape index (κ2) is 11.4. The Morgan fingerprint density at radius 3 is 2.45 bits per heavy atom. The molecule has 0 saturated heterocycles. The molecular weight excluding hydrogens is 411 g/mol. The van der Waals surface area contributed by atoms with Crippen molar-refractivity contribution in [3.8, 4) is 0 Å². The van der Waals surface area contributed by atoms with Gasteiger partial charge in [0.2, 0.25) is 5.91 Å². The van der Waals surface area contributed by atoms with Crippen molar-refractivity contribution in [3.63, 3.8) is 0 Å². The van der Waals surface area contributed by atoms with Gasteiger partial charge in [-0.15, -0.1) is 24.0 Å². The fraction of sp³-hybridized carbons (Fsp3) is 0.867. The van der Waals surface area contributed by atoms with Gasteiger partial charge in [0.1, 0.15) is 6.54 Å². The summed E-state index contributed by atoms with van der Waals surface area (Å²) in [7, 11) is 3.51. The number of hydrogen-bond acceptors (Lipinski definition) is 3. The van der Waals surface area contributed by atoms with Crippen LogP contribution in [0.25, 0.3) is 0 Å². The predicted molar refractivity (Wildman–Crippen MR) is 107 cm³/mol. The fourth-order valence-electron chi connectivity index (χ4n) is 2.34. The zero-order chi connectivity index (χ0) is 15.7. The Hall–Kier alpha value is -0.180. The third-order valence-electron chi connectivity index (χ3n) is 4.26. The van der Waals surface area contributed by atoms with Crippen molar-refractivity contribution >= 4 is 47.6 Å². The number of likely N-dealkylation sites (N-methyl/N-ethyl adjacent to an activating group) is 1. The summed E-state index contributed by atoms with van der Waals surface area (Å²) in [6, 6.07) is 0. The van der Waals surface area contributed by atoms with Gasteiger partial charge in [-0.2, -0.15) is 11.8 Å². The van der Waals surface area contributed by atoms with Crippen LogP contribution in [-0.4, -0.2) is 62.5 Å². The Morgan fingerprint density at radius 2 is 2.00 bits per heavy atom. The first-order valence-electron chi connectivity index (χ1n) is 7.74. The monoisotopic (exact) mass is 442 g/mol. The number of rotatable bonds is 8. The quantitative estimate of drug-likeness (QED) is 0.262. The summed E-state index contributed by atoms with van der Waals surface area (Å²) >= 11 is 1.80. The number of guanidine groups is 1. The molecule has 1 aliphatic carbocycles. The molecular formula is C15H31IN4OS. The molecule has 1 fully saturated rings. The molecule has 1 saturated carbocycles. The van der Waals surface area contributed by atoms with E-state index < -0.39 is 0 Å². The van der Waals surface area contributed by atoms with Gasteiger partial charge in [0.15, 0.2) is 5.96 Å². The Bertz CT molecular complexity index is 354. The molecule has 130 valence electrons. The number of aliphatic imine (C=N–C) groups is 1. The highest BCUT2D eigenvalue weighted by Gasteiger charge is 2.34. The van der Waals surface area contributed by atoms with Crippen molar-refractivity contribution < 1.29 is 4.79 Å². The van der Waals surface area contributed by atoms with Crippen LogP contribution in [0, 0.1) is 5.41 Å². The fourth-order valence-corrected chi connectivity index (χ4v) is 2.64. The maximum atomic E-state index is 11.7. The van der Waals surface area contributed by atoms with Crippen LogP contribution in [0.1, 0.15) is 32.6 Å². The molecule has 5 nitrogen and oxygen atoms in total. The minimum absolute atomic E-state index is 0. The molecule has 0 unspecified atom stereocenters. The van der Waals surface area contributed by atoms with Crippen molar-refractivity contribution in [1.29, 1.82) is 0 Å². The standard InChI is InChI=1S/C15H30N4OS.HI/c1-5-15(7-6-8-15)12-18-14(16-9-10-21-4)17-11-13(20)19(2)3;/h5-12H2,1-4H3,(H2,16,17,18);1H. The van der Waals surface area contributed by atoms with Crippen molar-refractivity contribution in [2.45, 2.75) is 32.6 Å². The normalized spacial score (nSPS) is 16.3. The van der Waals surface area contributed by atoms with E-state index in [4.69, 9.17) is 0 Å². The molecule has 1 aliphatic rings. The van der Waals surface area contributed by atoms with E-state index in [1.54, 1.807) is 30.8 Å². The number of carbonyl (C=O) groups is 1. The summed E-state index contributed by atoms with van der Waals surface area (Å²) in [6.45, 7) is 4.27. The molecule has 0 atom stereocenters. The third kappa shape index (κ3) is 7.39. The van der Waals surface area contributed by atoms with Crippen molar-refractivity contribution in [3.05, 3.63) is 0 Å². The van der Waals surface area contributed by atoms with Gasteiger partial charge in [-0.3, -0.25) is 4.79 Å². The first kappa shape index (κ1) is 21.8. The highest BCUT2D eigenvalue weighted by molar-refractivity contribution is 14.0. The largest absolute Gasteiger partial charge is 0.356 e. The van der Waals surface area contributed by atoms with E-state index in [2.05, 4.69) is 28.8 Å². The summed E-state index contributed by atoms with van der Waals surface area (Å²) in [4.78, 5) is 17.6. The van der Waals surface area contributed by atoms with E-state index in [1.807, 2.05) is 0 Å². The van der Waals surface area contributed by atoms with Crippen molar-refractivity contribution in [2.24, 2.45) is 10.4 Å². The Balaban J connectivity index is 0.00000441. The lowest BCUT2D eigenvalue weighted by atomic mass is 9.67. The van der Waals surface area contributed by atoms with Gasteiger partial charge in [0.05, 0.1) is 0 Å². The molecule has 0 spiro atoms. The van der Waals surface area contributed by atoms with E-state index in [9.17, 15) is 4.79 Å². The zero-order valence-corrected chi connectivity index (χ0v) is 17.4. The van der Waals surface area contributed by atoms with Crippen LogP contribution in [0.3, 0.4) is 0 Å². The maximum absolute atomic E-state index is 11.7. The van der Waals surface area contributed by atoms with Gasteiger partial charge >= 0.3 is 0 Å². The summed E-state index contributed by atoms with van der Waals surface area (Å²) in [5.74, 6) is 1.81. The molecule has 1 amide bonds. The van der Waals surface area contributed by atoms with Crippen LogP contribution in [0.4, 0.5) is 0 Å². The third-order valence-corrected chi connectivity index (χ3v) is 4.88.